The van der Waals surface area contributed by atoms with Gasteiger partial charge in [0.15, 0.2) is 0 Å². The van der Waals surface area contributed by atoms with E-state index in [1.165, 1.54) is 22.3 Å². The summed E-state index contributed by atoms with van der Waals surface area (Å²) in [6, 6.07) is 16.5. The van der Waals surface area contributed by atoms with E-state index in [1.807, 2.05) is 36.1 Å². The van der Waals surface area contributed by atoms with Gasteiger partial charge in [-0.25, -0.2) is 4.79 Å². The third kappa shape index (κ3) is 5.84. The third-order valence-electron chi connectivity index (χ3n) is 7.23. The Hall–Kier alpha value is -3.35. The van der Waals surface area contributed by atoms with Crippen LogP contribution in [0.15, 0.2) is 48.5 Å². The number of ether oxygens (including phenoxy) is 1. The SMILES string of the molecule is C[C@H]1C[C@@H](C(=O)O)CCN1C(=O)CCCCCNC(=O)OCC1c2ccccc2-c2ccccc21. The van der Waals surface area contributed by atoms with E-state index in [9.17, 15) is 14.4 Å². The van der Waals surface area contributed by atoms with E-state index in [0.29, 0.717) is 39.0 Å². The van der Waals surface area contributed by atoms with Crippen LogP contribution in [0.4, 0.5) is 4.79 Å². The Labute approximate surface area is 206 Å². The Morgan fingerprint density at radius 2 is 1.66 bits per heavy atom. The van der Waals surface area contributed by atoms with Crippen molar-refractivity contribution in [2.24, 2.45) is 5.92 Å². The van der Waals surface area contributed by atoms with E-state index >= 15 is 0 Å². The first-order chi connectivity index (χ1) is 17.0. The fourth-order valence-corrected chi connectivity index (χ4v) is 5.33. The molecule has 2 aromatic rings. The lowest BCUT2D eigenvalue weighted by Crippen LogP contribution is -2.46. The molecule has 0 aromatic heterocycles. The predicted octanol–water partition coefficient (Wildman–Crippen LogP) is 4.80. The number of amides is 2. The number of alkyl carbamates (subject to hydrolysis) is 1. The molecule has 35 heavy (non-hydrogen) atoms. The highest BCUT2D eigenvalue weighted by atomic mass is 16.5. The van der Waals surface area contributed by atoms with Crippen LogP contribution in [0.1, 0.15) is 62.5 Å². The zero-order valence-electron chi connectivity index (χ0n) is 20.2. The van der Waals surface area contributed by atoms with Crippen molar-refractivity contribution in [1.82, 2.24) is 10.2 Å². The number of likely N-dealkylation sites (tertiary alicyclic amines) is 1. The minimum atomic E-state index is -0.771. The molecule has 2 N–H and O–H groups in total. The number of carbonyl (C=O) groups is 3. The lowest BCUT2D eigenvalue weighted by Gasteiger charge is -2.36. The van der Waals surface area contributed by atoms with Crippen molar-refractivity contribution in [3.8, 4) is 11.1 Å². The number of unbranched alkanes of at least 4 members (excludes halogenated alkanes) is 2. The van der Waals surface area contributed by atoms with Gasteiger partial charge in [-0.05, 0) is 54.9 Å². The second kappa shape index (κ2) is 11.4. The average Bonchev–Trinajstić information content (AvgIpc) is 3.18. The molecule has 1 heterocycles. The van der Waals surface area contributed by atoms with E-state index in [-0.39, 0.29) is 23.8 Å². The standard InChI is InChI=1S/C28H34N2O5/c1-19-17-20(27(32)33)14-16-30(19)26(31)13-3-2-8-15-29-28(34)35-18-25-23-11-6-4-9-21(23)22-10-5-7-12-24(22)25/h4-7,9-12,19-20,25H,2-3,8,13-18H2,1H3,(H,29,34)(H,32,33)/t19-,20-/m0/s1. The van der Waals surface area contributed by atoms with Crippen LogP contribution in [0, 0.1) is 5.92 Å². The fourth-order valence-electron chi connectivity index (χ4n) is 5.33. The summed E-state index contributed by atoms with van der Waals surface area (Å²) in [4.78, 5) is 37.7. The van der Waals surface area contributed by atoms with Crippen LogP contribution >= 0.6 is 0 Å². The van der Waals surface area contributed by atoms with Gasteiger partial charge >= 0.3 is 12.1 Å². The Kier molecular flexibility index (Phi) is 8.06. The molecule has 0 unspecified atom stereocenters. The first kappa shape index (κ1) is 24.8. The molecule has 4 rings (SSSR count). The van der Waals surface area contributed by atoms with Crippen molar-refractivity contribution in [2.45, 2.75) is 57.4 Å². The molecule has 1 fully saturated rings. The molecule has 2 aliphatic rings. The van der Waals surface area contributed by atoms with Gasteiger partial charge in [0.25, 0.3) is 0 Å². The van der Waals surface area contributed by atoms with Gasteiger partial charge in [-0.3, -0.25) is 9.59 Å². The van der Waals surface area contributed by atoms with E-state index in [4.69, 9.17) is 9.84 Å². The van der Waals surface area contributed by atoms with Gasteiger partial charge in [0.2, 0.25) is 5.91 Å². The molecule has 2 amide bonds. The number of hydrogen-bond donors (Lipinski definition) is 2. The van der Waals surface area contributed by atoms with Gasteiger partial charge < -0.3 is 20.1 Å². The number of aliphatic carboxylic acids is 1. The van der Waals surface area contributed by atoms with Crippen molar-refractivity contribution in [3.63, 3.8) is 0 Å². The highest BCUT2D eigenvalue weighted by Gasteiger charge is 2.32. The zero-order chi connectivity index (χ0) is 24.8. The maximum absolute atomic E-state index is 12.5. The molecule has 1 aliphatic carbocycles. The molecular weight excluding hydrogens is 444 g/mol. The van der Waals surface area contributed by atoms with Crippen LogP contribution in [0.5, 0.6) is 0 Å². The van der Waals surface area contributed by atoms with Crippen molar-refractivity contribution in [2.75, 3.05) is 19.7 Å². The van der Waals surface area contributed by atoms with Gasteiger partial charge in [-0.2, -0.15) is 0 Å². The summed E-state index contributed by atoms with van der Waals surface area (Å²) in [6.07, 6.45) is 3.42. The van der Waals surface area contributed by atoms with E-state index < -0.39 is 12.1 Å². The quantitative estimate of drug-likeness (QED) is 0.505. The number of carbonyl (C=O) groups excluding carboxylic acids is 2. The van der Waals surface area contributed by atoms with Crippen LogP contribution in [-0.2, 0) is 14.3 Å². The molecule has 0 saturated carbocycles. The number of rotatable bonds is 9. The lowest BCUT2D eigenvalue weighted by molar-refractivity contribution is -0.147. The number of benzene rings is 2. The average molecular weight is 479 g/mol. The molecule has 2 aromatic carbocycles. The monoisotopic (exact) mass is 478 g/mol. The molecule has 1 aliphatic heterocycles. The van der Waals surface area contributed by atoms with Gasteiger partial charge in [0.05, 0.1) is 5.92 Å². The molecule has 186 valence electrons. The first-order valence-electron chi connectivity index (χ1n) is 12.6. The Morgan fingerprint density at radius 1 is 1.00 bits per heavy atom. The van der Waals surface area contributed by atoms with Crippen LogP contribution in [0.2, 0.25) is 0 Å². The van der Waals surface area contributed by atoms with E-state index in [0.717, 1.165) is 19.3 Å². The summed E-state index contributed by atoms with van der Waals surface area (Å²) in [5.41, 5.74) is 4.78. The molecule has 0 bridgehead atoms. The summed E-state index contributed by atoms with van der Waals surface area (Å²) in [5.74, 6) is -0.987. The zero-order valence-corrected chi connectivity index (χ0v) is 20.2. The Bertz CT molecular complexity index is 1020. The molecule has 0 radical (unpaired) electrons. The van der Waals surface area contributed by atoms with Crippen molar-refractivity contribution < 1.29 is 24.2 Å². The Balaban J connectivity index is 1.13. The first-order valence-corrected chi connectivity index (χ1v) is 12.6. The molecular formula is C28H34N2O5. The maximum atomic E-state index is 12.5. The van der Waals surface area contributed by atoms with Crippen molar-refractivity contribution in [1.29, 1.82) is 0 Å². The van der Waals surface area contributed by atoms with Gasteiger partial charge in [-0.15, -0.1) is 0 Å². The normalized spacial score (nSPS) is 19.1. The molecule has 7 heteroatoms. The number of carboxylic acid groups (broad SMARTS) is 1. The van der Waals surface area contributed by atoms with Crippen LogP contribution in [0.25, 0.3) is 11.1 Å². The second-order valence-corrected chi connectivity index (χ2v) is 9.56. The van der Waals surface area contributed by atoms with Gasteiger partial charge in [-0.1, -0.05) is 55.0 Å². The van der Waals surface area contributed by atoms with Crippen molar-refractivity contribution in [3.05, 3.63) is 59.7 Å². The number of nitrogens with zero attached hydrogens (tertiary/aromatic N) is 1. The lowest BCUT2D eigenvalue weighted by atomic mass is 9.91. The number of fused-ring (bicyclic) bond motifs is 3. The van der Waals surface area contributed by atoms with Crippen molar-refractivity contribution >= 4 is 18.0 Å². The van der Waals surface area contributed by atoms with E-state index in [1.54, 1.807) is 0 Å². The van der Waals surface area contributed by atoms with Crippen LogP contribution < -0.4 is 5.32 Å². The summed E-state index contributed by atoms with van der Waals surface area (Å²) < 4.78 is 5.55. The molecule has 0 spiro atoms. The molecule has 1 saturated heterocycles. The number of nitrogens with one attached hydrogen (secondary N) is 1. The smallest absolute Gasteiger partial charge is 0.407 e. The maximum Gasteiger partial charge on any atom is 0.407 e. The summed E-state index contributed by atoms with van der Waals surface area (Å²) in [6.45, 7) is 3.24. The molecule has 7 nitrogen and oxygen atoms in total. The number of hydrogen-bond acceptors (Lipinski definition) is 4. The third-order valence-corrected chi connectivity index (χ3v) is 7.23. The predicted molar refractivity (Wildman–Crippen MR) is 133 cm³/mol. The highest BCUT2D eigenvalue weighted by Crippen LogP contribution is 2.44. The molecule has 2 atom stereocenters. The number of piperidine rings is 1. The second-order valence-electron chi connectivity index (χ2n) is 9.56. The van der Waals surface area contributed by atoms with Gasteiger partial charge in [0, 0.05) is 31.5 Å². The summed E-state index contributed by atoms with van der Waals surface area (Å²) >= 11 is 0. The van der Waals surface area contributed by atoms with Crippen LogP contribution in [0.3, 0.4) is 0 Å². The highest BCUT2D eigenvalue weighted by molar-refractivity contribution is 5.79. The topological polar surface area (TPSA) is 95.9 Å². The summed E-state index contributed by atoms with van der Waals surface area (Å²) in [5, 5.41) is 12.0. The minimum Gasteiger partial charge on any atom is -0.481 e. The summed E-state index contributed by atoms with van der Waals surface area (Å²) in [7, 11) is 0. The largest absolute Gasteiger partial charge is 0.481 e. The van der Waals surface area contributed by atoms with Gasteiger partial charge in [0.1, 0.15) is 6.61 Å². The number of carboxylic acids is 1. The fraction of sp³-hybridized carbons (Fsp3) is 0.464. The van der Waals surface area contributed by atoms with Crippen LogP contribution in [-0.4, -0.2) is 53.7 Å². The Morgan fingerprint density at radius 3 is 2.29 bits per heavy atom. The van der Waals surface area contributed by atoms with E-state index in [2.05, 4.69) is 29.6 Å². The minimum absolute atomic E-state index is 0.0346.